The van der Waals surface area contributed by atoms with Crippen molar-refractivity contribution in [3.63, 3.8) is 0 Å². The smallest absolute Gasteiger partial charge is 0.120 e. The van der Waals surface area contributed by atoms with Gasteiger partial charge in [-0.15, -0.1) is 0 Å². The molecule has 108 valence electrons. The first-order valence-corrected chi connectivity index (χ1v) is 8.12. The van der Waals surface area contributed by atoms with Crippen molar-refractivity contribution in [3.8, 4) is 5.75 Å². The van der Waals surface area contributed by atoms with E-state index in [1.165, 1.54) is 5.56 Å². The van der Waals surface area contributed by atoms with E-state index in [-0.39, 0.29) is 0 Å². The van der Waals surface area contributed by atoms with Crippen molar-refractivity contribution in [2.45, 2.75) is 25.9 Å². The first-order valence-electron chi connectivity index (χ1n) is 7.18. The molecule has 0 amide bonds. The van der Waals surface area contributed by atoms with Gasteiger partial charge in [-0.25, -0.2) is 0 Å². The summed E-state index contributed by atoms with van der Waals surface area (Å²) >= 11 is 1.73. The number of phenolic OH excluding ortho intramolecular Hbond substituents is 1. The summed E-state index contributed by atoms with van der Waals surface area (Å²) in [6, 6.07) is 14.5. The fraction of sp³-hybridized carbons (Fsp3) is 0.222. The van der Waals surface area contributed by atoms with E-state index >= 15 is 0 Å². The highest BCUT2D eigenvalue weighted by molar-refractivity contribution is 7.07. The molecule has 0 spiro atoms. The number of hydrogen-bond acceptors (Lipinski definition) is 3. The van der Waals surface area contributed by atoms with Crippen molar-refractivity contribution in [1.29, 1.82) is 0 Å². The minimum absolute atomic E-state index is 0.365. The molecule has 3 rings (SSSR count). The largest absolute Gasteiger partial charge is 0.508 e. The van der Waals surface area contributed by atoms with Crippen LogP contribution in [0.5, 0.6) is 5.75 Å². The van der Waals surface area contributed by atoms with E-state index in [9.17, 15) is 5.11 Å². The first kappa shape index (κ1) is 14.1. The third-order valence-electron chi connectivity index (χ3n) is 3.77. The number of thiophene rings is 1. The van der Waals surface area contributed by atoms with E-state index in [0.29, 0.717) is 18.3 Å². The summed E-state index contributed by atoms with van der Waals surface area (Å²) in [5.74, 6) is 0.365. The number of phenols is 1. The molecular formula is C18H19NOS. The quantitative estimate of drug-likeness (QED) is 0.735. The topological polar surface area (TPSA) is 32.3 Å². The van der Waals surface area contributed by atoms with Crippen LogP contribution in [0, 0.1) is 0 Å². The zero-order valence-electron chi connectivity index (χ0n) is 12.0. The van der Waals surface area contributed by atoms with E-state index < -0.39 is 0 Å². The highest BCUT2D eigenvalue weighted by Crippen LogP contribution is 2.27. The molecule has 3 aromatic rings. The predicted molar refractivity (Wildman–Crippen MR) is 89.9 cm³/mol. The number of hydrogen-bond donors (Lipinski definition) is 2. The van der Waals surface area contributed by atoms with Gasteiger partial charge in [0.1, 0.15) is 5.75 Å². The van der Waals surface area contributed by atoms with E-state index in [2.05, 4.69) is 41.2 Å². The standard InChI is InChI=1S/C18H19NOS/c1-13(10-14-8-9-21-12-14)19-11-17-16-5-3-2-4-15(16)6-7-18(17)20/h2-9,12-13,19-20H,10-11H2,1H3. The molecule has 0 saturated carbocycles. The zero-order chi connectivity index (χ0) is 14.7. The lowest BCUT2D eigenvalue weighted by Gasteiger charge is -2.15. The van der Waals surface area contributed by atoms with Crippen LogP contribution in [0.25, 0.3) is 10.8 Å². The first-order chi connectivity index (χ1) is 10.2. The molecule has 0 bridgehead atoms. The Bertz CT molecular complexity index is 721. The minimum Gasteiger partial charge on any atom is -0.508 e. The average molecular weight is 297 g/mol. The van der Waals surface area contributed by atoms with Crippen LogP contribution >= 0.6 is 11.3 Å². The van der Waals surface area contributed by atoms with Gasteiger partial charge in [0.25, 0.3) is 0 Å². The third-order valence-corrected chi connectivity index (χ3v) is 4.50. The Kier molecular flexibility index (Phi) is 4.23. The van der Waals surface area contributed by atoms with Gasteiger partial charge < -0.3 is 10.4 Å². The molecule has 0 radical (unpaired) electrons. The number of nitrogens with one attached hydrogen (secondary N) is 1. The van der Waals surface area contributed by atoms with Crippen LogP contribution < -0.4 is 5.32 Å². The van der Waals surface area contributed by atoms with Crippen LogP contribution in [-0.4, -0.2) is 11.1 Å². The van der Waals surface area contributed by atoms with Crippen molar-refractivity contribution in [2.75, 3.05) is 0 Å². The normalized spacial score (nSPS) is 12.6. The summed E-state index contributed by atoms with van der Waals surface area (Å²) in [5, 5.41) is 20.2. The number of benzene rings is 2. The van der Waals surface area contributed by atoms with Crippen LogP contribution in [-0.2, 0) is 13.0 Å². The van der Waals surface area contributed by atoms with Crippen LogP contribution in [0.2, 0.25) is 0 Å². The van der Waals surface area contributed by atoms with E-state index in [1.54, 1.807) is 17.4 Å². The van der Waals surface area contributed by atoms with Gasteiger partial charge in [0.05, 0.1) is 0 Å². The Balaban J connectivity index is 1.74. The highest BCUT2D eigenvalue weighted by Gasteiger charge is 2.09. The maximum Gasteiger partial charge on any atom is 0.120 e. The summed E-state index contributed by atoms with van der Waals surface area (Å²) < 4.78 is 0. The SMILES string of the molecule is CC(Cc1ccsc1)NCc1c(O)ccc2ccccc12. The van der Waals surface area contributed by atoms with Crippen LogP contribution in [0.1, 0.15) is 18.1 Å². The minimum atomic E-state index is 0.365. The van der Waals surface area contributed by atoms with Gasteiger partial charge in [0.15, 0.2) is 0 Å². The lowest BCUT2D eigenvalue weighted by atomic mass is 10.0. The number of aromatic hydroxyl groups is 1. The fourth-order valence-electron chi connectivity index (χ4n) is 2.62. The molecule has 1 unspecified atom stereocenters. The Labute approximate surface area is 129 Å². The lowest BCUT2D eigenvalue weighted by Crippen LogP contribution is -2.27. The van der Waals surface area contributed by atoms with Crippen molar-refractivity contribution in [3.05, 3.63) is 64.4 Å². The number of rotatable bonds is 5. The summed E-state index contributed by atoms with van der Waals surface area (Å²) in [6.07, 6.45) is 1.01. The average Bonchev–Trinajstić information content (AvgIpc) is 2.99. The fourth-order valence-corrected chi connectivity index (χ4v) is 3.30. The zero-order valence-corrected chi connectivity index (χ0v) is 12.9. The van der Waals surface area contributed by atoms with E-state index in [4.69, 9.17) is 0 Å². The Morgan fingerprint density at radius 2 is 2.00 bits per heavy atom. The maximum absolute atomic E-state index is 10.1. The predicted octanol–water partition coefficient (Wildman–Crippen LogP) is 4.33. The summed E-state index contributed by atoms with van der Waals surface area (Å²) in [6.45, 7) is 2.86. The van der Waals surface area contributed by atoms with Gasteiger partial charge in [-0.2, -0.15) is 11.3 Å². The summed E-state index contributed by atoms with van der Waals surface area (Å²) in [5.41, 5.74) is 2.34. The van der Waals surface area contributed by atoms with Gasteiger partial charge >= 0.3 is 0 Å². The molecular weight excluding hydrogens is 278 g/mol. The van der Waals surface area contributed by atoms with Crippen LogP contribution in [0.4, 0.5) is 0 Å². The second kappa shape index (κ2) is 6.29. The van der Waals surface area contributed by atoms with Crippen molar-refractivity contribution >= 4 is 22.1 Å². The molecule has 0 saturated heterocycles. The molecule has 0 aliphatic rings. The van der Waals surface area contributed by atoms with Gasteiger partial charge in [0, 0.05) is 18.2 Å². The molecule has 21 heavy (non-hydrogen) atoms. The molecule has 2 aromatic carbocycles. The molecule has 1 aromatic heterocycles. The third kappa shape index (κ3) is 3.26. The second-order valence-electron chi connectivity index (χ2n) is 5.40. The Hall–Kier alpha value is -1.84. The van der Waals surface area contributed by atoms with Crippen molar-refractivity contribution < 1.29 is 5.11 Å². The van der Waals surface area contributed by atoms with Crippen molar-refractivity contribution in [1.82, 2.24) is 5.32 Å². The maximum atomic E-state index is 10.1. The molecule has 3 heteroatoms. The molecule has 2 N–H and O–H groups in total. The van der Waals surface area contributed by atoms with Gasteiger partial charge in [0.2, 0.25) is 0 Å². The van der Waals surface area contributed by atoms with E-state index in [1.807, 2.05) is 18.2 Å². The van der Waals surface area contributed by atoms with Gasteiger partial charge in [-0.3, -0.25) is 0 Å². The van der Waals surface area contributed by atoms with Gasteiger partial charge in [-0.1, -0.05) is 30.3 Å². The molecule has 1 heterocycles. The number of fused-ring (bicyclic) bond motifs is 1. The molecule has 1 atom stereocenters. The molecule has 0 aliphatic carbocycles. The van der Waals surface area contributed by atoms with Crippen LogP contribution in [0.15, 0.2) is 53.2 Å². The molecule has 2 nitrogen and oxygen atoms in total. The van der Waals surface area contributed by atoms with Gasteiger partial charge in [-0.05, 0) is 52.6 Å². The second-order valence-corrected chi connectivity index (χ2v) is 6.18. The van der Waals surface area contributed by atoms with Crippen LogP contribution in [0.3, 0.4) is 0 Å². The highest BCUT2D eigenvalue weighted by atomic mass is 32.1. The summed E-state index contributed by atoms with van der Waals surface area (Å²) in [7, 11) is 0. The Morgan fingerprint density at radius 3 is 2.81 bits per heavy atom. The molecule has 0 fully saturated rings. The summed E-state index contributed by atoms with van der Waals surface area (Å²) in [4.78, 5) is 0. The Morgan fingerprint density at radius 1 is 1.14 bits per heavy atom. The monoisotopic (exact) mass is 297 g/mol. The molecule has 0 aliphatic heterocycles. The van der Waals surface area contributed by atoms with E-state index in [0.717, 1.165) is 22.8 Å². The lowest BCUT2D eigenvalue weighted by molar-refractivity contribution is 0.460. The van der Waals surface area contributed by atoms with Crippen molar-refractivity contribution in [2.24, 2.45) is 0 Å².